The van der Waals surface area contributed by atoms with Gasteiger partial charge in [0.05, 0.1) is 10.5 Å². The molecule has 8 nitrogen and oxygen atoms in total. The highest BCUT2D eigenvalue weighted by Gasteiger charge is 2.22. The average Bonchev–Trinajstić information content (AvgIpc) is 2.90. The number of hydrogen-bond acceptors (Lipinski definition) is 6. The molecule has 0 aliphatic carbocycles. The number of benzene rings is 1. The van der Waals surface area contributed by atoms with Crippen LogP contribution in [-0.2, 0) is 13.1 Å². The Hall–Kier alpha value is -3.03. The molecule has 1 aromatic carbocycles. The summed E-state index contributed by atoms with van der Waals surface area (Å²) < 4.78 is 0. The summed E-state index contributed by atoms with van der Waals surface area (Å²) in [7, 11) is 0. The zero-order valence-electron chi connectivity index (χ0n) is 10.8. The Morgan fingerprint density at radius 2 is 1.90 bits per heavy atom. The molecule has 3 rings (SSSR count). The number of hydrogen-bond donors (Lipinski definition) is 1. The summed E-state index contributed by atoms with van der Waals surface area (Å²) in [6.07, 6.45) is 2.32. The van der Waals surface area contributed by atoms with Gasteiger partial charge in [0, 0.05) is 13.1 Å². The van der Waals surface area contributed by atoms with E-state index < -0.39 is 10.9 Å². The van der Waals surface area contributed by atoms with Crippen molar-refractivity contribution >= 4 is 17.6 Å². The number of carbonyl (C=O) groups is 1. The SMILES string of the molecule is O=C(O)c1ccc2c(c1)CN(c1ncc([N+](=O)[O-])cn1)C2. The first-order valence-electron chi connectivity index (χ1n) is 6.11. The largest absolute Gasteiger partial charge is 0.478 e. The van der Waals surface area contributed by atoms with Gasteiger partial charge in [-0.05, 0) is 23.3 Å². The molecule has 1 aliphatic rings. The van der Waals surface area contributed by atoms with Gasteiger partial charge in [-0.1, -0.05) is 6.07 Å². The second kappa shape index (κ2) is 4.82. The maximum atomic E-state index is 11.0. The fraction of sp³-hybridized carbons (Fsp3) is 0.154. The van der Waals surface area contributed by atoms with Gasteiger partial charge in [-0.3, -0.25) is 10.1 Å². The first-order chi connectivity index (χ1) is 10.0. The second-order valence-electron chi connectivity index (χ2n) is 4.64. The highest BCUT2D eigenvalue weighted by molar-refractivity contribution is 5.88. The Morgan fingerprint density at radius 1 is 1.24 bits per heavy atom. The van der Waals surface area contributed by atoms with Gasteiger partial charge in [0.1, 0.15) is 12.4 Å². The molecular weight excluding hydrogens is 276 g/mol. The quantitative estimate of drug-likeness (QED) is 0.674. The minimum absolute atomic E-state index is 0.163. The molecule has 0 saturated carbocycles. The monoisotopic (exact) mass is 286 g/mol. The average molecular weight is 286 g/mol. The van der Waals surface area contributed by atoms with Crippen LogP contribution in [0.4, 0.5) is 11.6 Å². The van der Waals surface area contributed by atoms with E-state index in [0.29, 0.717) is 19.0 Å². The Morgan fingerprint density at radius 3 is 2.52 bits per heavy atom. The van der Waals surface area contributed by atoms with Crippen molar-refractivity contribution in [3.8, 4) is 0 Å². The van der Waals surface area contributed by atoms with Gasteiger partial charge < -0.3 is 10.0 Å². The number of aromatic nitrogens is 2. The molecule has 0 spiro atoms. The number of carboxylic acid groups (broad SMARTS) is 1. The number of nitrogens with zero attached hydrogens (tertiary/aromatic N) is 4. The lowest BCUT2D eigenvalue weighted by Crippen LogP contribution is -2.17. The second-order valence-corrected chi connectivity index (χ2v) is 4.64. The zero-order valence-corrected chi connectivity index (χ0v) is 10.8. The molecule has 0 amide bonds. The van der Waals surface area contributed by atoms with Gasteiger partial charge in [0.25, 0.3) is 0 Å². The number of nitro groups is 1. The van der Waals surface area contributed by atoms with Crippen molar-refractivity contribution in [3.63, 3.8) is 0 Å². The first kappa shape index (κ1) is 13.0. The van der Waals surface area contributed by atoms with E-state index in [9.17, 15) is 14.9 Å². The Kier molecular flexibility index (Phi) is 2.98. The third kappa shape index (κ3) is 2.38. The van der Waals surface area contributed by atoms with E-state index >= 15 is 0 Å². The van der Waals surface area contributed by atoms with E-state index in [2.05, 4.69) is 9.97 Å². The van der Waals surface area contributed by atoms with Crippen LogP contribution in [-0.4, -0.2) is 26.0 Å². The van der Waals surface area contributed by atoms with Gasteiger partial charge >= 0.3 is 11.7 Å². The molecule has 21 heavy (non-hydrogen) atoms. The van der Waals surface area contributed by atoms with Gasteiger partial charge in [0.2, 0.25) is 5.95 Å². The summed E-state index contributed by atoms with van der Waals surface area (Å²) in [4.78, 5) is 30.8. The number of rotatable bonds is 3. The maximum Gasteiger partial charge on any atom is 0.335 e. The van der Waals surface area contributed by atoms with Crippen LogP contribution in [0.3, 0.4) is 0 Å². The zero-order chi connectivity index (χ0) is 15.0. The summed E-state index contributed by atoms with van der Waals surface area (Å²) in [5.74, 6) is -0.587. The van der Waals surface area contributed by atoms with Crippen molar-refractivity contribution in [3.05, 3.63) is 57.4 Å². The van der Waals surface area contributed by atoms with Crippen LogP contribution in [0, 0.1) is 10.1 Å². The summed E-state index contributed by atoms with van der Waals surface area (Å²) >= 11 is 0. The molecule has 8 heteroatoms. The highest BCUT2D eigenvalue weighted by atomic mass is 16.6. The fourth-order valence-electron chi connectivity index (χ4n) is 2.24. The maximum absolute atomic E-state index is 11.0. The third-order valence-corrected chi connectivity index (χ3v) is 3.29. The highest BCUT2D eigenvalue weighted by Crippen LogP contribution is 2.27. The lowest BCUT2D eigenvalue weighted by Gasteiger charge is -2.13. The molecule has 0 radical (unpaired) electrons. The summed E-state index contributed by atoms with van der Waals surface area (Å²) in [6, 6.07) is 4.95. The van der Waals surface area contributed by atoms with Crippen molar-refractivity contribution < 1.29 is 14.8 Å². The van der Waals surface area contributed by atoms with Crippen molar-refractivity contribution in [2.75, 3.05) is 4.90 Å². The van der Waals surface area contributed by atoms with E-state index in [1.807, 2.05) is 4.90 Å². The first-order valence-corrected chi connectivity index (χ1v) is 6.11. The van der Waals surface area contributed by atoms with Gasteiger partial charge in [-0.2, -0.15) is 0 Å². The van der Waals surface area contributed by atoms with E-state index in [-0.39, 0.29) is 11.3 Å². The predicted molar refractivity (Wildman–Crippen MR) is 72.0 cm³/mol. The van der Waals surface area contributed by atoms with Gasteiger partial charge in [-0.15, -0.1) is 0 Å². The Bertz CT molecular complexity index is 729. The topological polar surface area (TPSA) is 109 Å². The van der Waals surface area contributed by atoms with Crippen LogP contribution in [0.5, 0.6) is 0 Å². The summed E-state index contributed by atoms with van der Waals surface area (Å²) in [5.41, 5.74) is 1.97. The number of carboxylic acids is 1. The molecule has 0 fully saturated rings. The van der Waals surface area contributed by atoms with E-state index in [4.69, 9.17) is 5.11 Å². The summed E-state index contributed by atoms with van der Waals surface area (Å²) in [5, 5.41) is 19.5. The van der Waals surface area contributed by atoms with Crippen molar-refractivity contribution in [1.29, 1.82) is 0 Å². The molecule has 2 heterocycles. The van der Waals surface area contributed by atoms with Crippen LogP contribution in [0.2, 0.25) is 0 Å². The number of fused-ring (bicyclic) bond motifs is 1. The molecule has 106 valence electrons. The van der Waals surface area contributed by atoms with Crippen LogP contribution in [0.1, 0.15) is 21.5 Å². The minimum atomic E-state index is -0.970. The molecule has 0 atom stereocenters. The van der Waals surface area contributed by atoms with Crippen LogP contribution >= 0.6 is 0 Å². The molecule has 1 N–H and O–H groups in total. The molecular formula is C13H10N4O4. The number of anilines is 1. The molecule has 1 aliphatic heterocycles. The molecule has 0 saturated heterocycles. The van der Waals surface area contributed by atoms with Crippen LogP contribution < -0.4 is 4.90 Å². The Labute approximate surface area is 118 Å². The van der Waals surface area contributed by atoms with Crippen molar-refractivity contribution in [2.45, 2.75) is 13.1 Å². The fourth-order valence-corrected chi connectivity index (χ4v) is 2.24. The normalized spacial score (nSPS) is 13.0. The minimum Gasteiger partial charge on any atom is -0.478 e. The van der Waals surface area contributed by atoms with E-state index in [1.54, 1.807) is 18.2 Å². The van der Waals surface area contributed by atoms with E-state index in [1.165, 1.54) is 0 Å². The molecule has 0 unspecified atom stereocenters. The van der Waals surface area contributed by atoms with Crippen molar-refractivity contribution in [1.82, 2.24) is 9.97 Å². The lowest BCUT2D eigenvalue weighted by molar-refractivity contribution is -0.385. The van der Waals surface area contributed by atoms with Crippen LogP contribution in [0.15, 0.2) is 30.6 Å². The Balaban J connectivity index is 1.84. The molecule has 2 aromatic rings. The number of aromatic carboxylic acids is 1. The third-order valence-electron chi connectivity index (χ3n) is 3.29. The van der Waals surface area contributed by atoms with Gasteiger partial charge in [-0.25, -0.2) is 14.8 Å². The summed E-state index contributed by atoms with van der Waals surface area (Å²) in [6.45, 7) is 1.03. The van der Waals surface area contributed by atoms with E-state index in [0.717, 1.165) is 23.5 Å². The van der Waals surface area contributed by atoms with Crippen LogP contribution in [0.25, 0.3) is 0 Å². The predicted octanol–water partition coefficient (Wildman–Crippen LogP) is 1.60. The standard InChI is InChI=1S/C13H10N4O4/c18-12(19)8-1-2-9-6-16(7-10(9)3-8)13-14-4-11(5-15-13)17(20)21/h1-5H,6-7H2,(H,18,19). The van der Waals surface area contributed by atoms with Crippen molar-refractivity contribution in [2.24, 2.45) is 0 Å². The smallest absolute Gasteiger partial charge is 0.335 e. The lowest BCUT2D eigenvalue weighted by atomic mass is 10.1. The van der Waals surface area contributed by atoms with Gasteiger partial charge in [0.15, 0.2) is 0 Å². The molecule has 1 aromatic heterocycles. The molecule has 0 bridgehead atoms.